The lowest BCUT2D eigenvalue weighted by molar-refractivity contribution is 0.169. The standard InChI is InChI=1S/C6H13ClN2O2S/c1-6-2-4-9(5-3-6)8-12(7,10)11/h6,8H,2-5H2,1H3. The van der Waals surface area contributed by atoms with Crippen LogP contribution in [0.3, 0.4) is 0 Å². The molecule has 4 nitrogen and oxygen atoms in total. The van der Waals surface area contributed by atoms with Crippen LogP contribution in [0.15, 0.2) is 0 Å². The zero-order valence-electron chi connectivity index (χ0n) is 6.96. The first-order valence-corrected chi connectivity index (χ1v) is 6.25. The minimum atomic E-state index is -3.59. The third-order valence-electron chi connectivity index (χ3n) is 2.02. The van der Waals surface area contributed by atoms with Crippen molar-refractivity contribution in [3.05, 3.63) is 0 Å². The molecule has 1 aliphatic rings. The second-order valence-corrected chi connectivity index (χ2v) is 5.48. The van der Waals surface area contributed by atoms with E-state index in [0.717, 1.165) is 25.9 Å². The van der Waals surface area contributed by atoms with Crippen molar-refractivity contribution in [1.29, 1.82) is 0 Å². The van der Waals surface area contributed by atoms with Gasteiger partial charge >= 0.3 is 9.24 Å². The van der Waals surface area contributed by atoms with E-state index in [9.17, 15) is 8.42 Å². The van der Waals surface area contributed by atoms with Gasteiger partial charge in [0.15, 0.2) is 0 Å². The smallest absolute Gasteiger partial charge is 0.230 e. The van der Waals surface area contributed by atoms with Crippen molar-refractivity contribution >= 4 is 19.9 Å². The van der Waals surface area contributed by atoms with Crippen LogP contribution in [-0.4, -0.2) is 26.5 Å². The largest absolute Gasteiger partial charge is 0.310 e. The zero-order valence-corrected chi connectivity index (χ0v) is 8.53. The molecule has 0 aromatic heterocycles. The van der Waals surface area contributed by atoms with Crippen LogP contribution >= 0.6 is 10.7 Å². The molecule has 0 radical (unpaired) electrons. The molecule has 1 heterocycles. The van der Waals surface area contributed by atoms with Crippen molar-refractivity contribution in [2.75, 3.05) is 13.1 Å². The van der Waals surface area contributed by atoms with Crippen LogP contribution in [0, 0.1) is 5.92 Å². The molecule has 0 unspecified atom stereocenters. The van der Waals surface area contributed by atoms with Gasteiger partial charge in [-0.1, -0.05) is 6.92 Å². The van der Waals surface area contributed by atoms with E-state index in [2.05, 4.69) is 11.8 Å². The predicted octanol–water partition coefficient (Wildman–Crippen LogP) is 0.707. The number of halogens is 1. The Bertz CT molecular complexity index is 234. The molecule has 1 rings (SSSR count). The third-order valence-corrected chi connectivity index (χ3v) is 2.71. The highest BCUT2D eigenvalue weighted by Crippen LogP contribution is 2.14. The summed E-state index contributed by atoms with van der Waals surface area (Å²) in [4.78, 5) is 2.25. The summed E-state index contributed by atoms with van der Waals surface area (Å²) in [5.41, 5.74) is 0. The van der Waals surface area contributed by atoms with Gasteiger partial charge in [-0.15, -0.1) is 4.83 Å². The Kier molecular flexibility index (Phi) is 3.34. The molecule has 6 heteroatoms. The van der Waals surface area contributed by atoms with Gasteiger partial charge in [0.25, 0.3) is 0 Å². The van der Waals surface area contributed by atoms with E-state index in [1.54, 1.807) is 5.01 Å². The molecule has 1 fully saturated rings. The summed E-state index contributed by atoms with van der Waals surface area (Å²) in [7, 11) is 1.43. The Balaban J connectivity index is 2.36. The SMILES string of the molecule is CC1CCN(NS(=O)(=O)Cl)CC1. The Hall–Kier alpha value is 0.160. The van der Waals surface area contributed by atoms with Gasteiger partial charge in [-0.3, -0.25) is 0 Å². The summed E-state index contributed by atoms with van der Waals surface area (Å²) in [5.74, 6) is 0.682. The van der Waals surface area contributed by atoms with Crippen molar-refractivity contribution in [2.24, 2.45) is 5.92 Å². The number of hydrogen-bond acceptors (Lipinski definition) is 3. The predicted molar refractivity (Wildman–Crippen MR) is 47.9 cm³/mol. The van der Waals surface area contributed by atoms with Gasteiger partial charge < -0.3 is 0 Å². The van der Waals surface area contributed by atoms with E-state index < -0.39 is 9.24 Å². The molecule has 0 bridgehead atoms. The first kappa shape index (κ1) is 10.2. The van der Waals surface area contributed by atoms with Gasteiger partial charge in [0.05, 0.1) is 0 Å². The summed E-state index contributed by atoms with van der Waals surface area (Å²) in [6, 6.07) is 0. The lowest BCUT2D eigenvalue weighted by Gasteiger charge is -2.28. The highest BCUT2D eigenvalue weighted by Gasteiger charge is 2.18. The average molecular weight is 213 g/mol. The van der Waals surface area contributed by atoms with E-state index in [4.69, 9.17) is 10.7 Å². The van der Waals surface area contributed by atoms with Gasteiger partial charge in [-0.25, -0.2) is 5.01 Å². The Morgan fingerprint density at radius 2 is 1.92 bits per heavy atom. The van der Waals surface area contributed by atoms with Crippen LogP contribution in [-0.2, 0) is 9.24 Å². The molecule has 1 N–H and O–H groups in total. The lowest BCUT2D eigenvalue weighted by Crippen LogP contribution is -2.44. The summed E-state index contributed by atoms with van der Waals surface area (Å²) in [5, 5.41) is 1.64. The van der Waals surface area contributed by atoms with E-state index in [-0.39, 0.29) is 0 Å². The molecule has 72 valence electrons. The van der Waals surface area contributed by atoms with Crippen LogP contribution in [0.5, 0.6) is 0 Å². The highest BCUT2D eigenvalue weighted by molar-refractivity contribution is 8.12. The molecule has 0 aliphatic carbocycles. The average Bonchev–Trinajstić information content (AvgIpc) is 1.91. The Morgan fingerprint density at radius 3 is 2.33 bits per heavy atom. The van der Waals surface area contributed by atoms with E-state index in [0.29, 0.717) is 5.92 Å². The number of hydrogen-bond donors (Lipinski definition) is 1. The van der Waals surface area contributed by atoms with Crippen LogP contribution in [0.4, 0.5) is 0 Å². The monoisotopic (exact) mass is 212 g/mol. The molecular weight excluding hydrogens is 200 g/mol. The van der Waals surface area contributed by atoms with Crippen LogP contribution in [0.1, 0.15) is 19.8 Å². The fraction of sp³-hybridized carbons (Fsp3) is 1.00. The Labute approximate surface area is 77.4 Å². The summed E-state index contributed by atoms with van der Waals surface area (Å²) in [6.07, 6.45) is 2.03. The van der Waals surface area contributed by atoms with E-state index >= 15 is 0 Å². The summed E-state index contributed by atoms with van der Waals surface area (Å²) >= 11 is 0. The molecule has 0 spiro atoms. The van der Waals surface area contributed by atoms with Gasteiger partial charge in [0, 0.05) is 23.8 Å². The Morgan fingerprint density at radius 1 is 1.42 bits per heavy atom. The van der Waals surface area contributed by atoms with Crippen molar-refractivity contribution in [2.45, 2.75) is 19.8 Å². The van der Waals surface area contributed by atoms with E-state index in [1.807, 2.05) is 0 Å². The summed E-state index contributed by atoms with van der Waals surface area (Å²) < 4.78 is 21.2. The van der Waals surface area contributed by atoms with Crippen molar-refractivity contribution in [3.63, 3.8) is 0 Å². The number of piperidine rings is 1. The first-order chi connectivity index (χ1) is 5.47. The third kappa shape index (κ3) is 3.71. The maximum atomic E-state index is 10.6. The molecule has 0 saturated carbocycles. The van der Waals surface area contributed by atoms with Crippen LogP contribution < -0.4 is 4.83 Å². The molecule has 0 aromatic carbocycles. The van der Waals surface area contributed by atoms with Gasteiger partial charge in [-0.2, -0.15) is 8.42 Å². The second-order valence-electron chi connectivity index (χ2n) is 3.20. The topological polar surface area (TPSA) is 49.4 Å². The van der Waals surface area contributed by atoms with Gasteiger partial charge in [0.1, 0.15) is 0 Å². The fourth-order valence-corrected chi connectivity index (χ4v) is 2.04. The molecule has 0 aromatic rings. The molecular formula is C6H13ClN2O2S. The second kappa shape index (κ2) is 3.91. The maximum Gasteiger partial charge on any atom is 0.310 e. The maximum absolute atomic E-state index is 10.6. The molecule has 0 atom stereocenters. The minimum Gasteiger partial charge on any atom is -0.230 e. The number of hydrazine groups is 1. The molecule has 1 saturated heterocycles. The number of rotatable bonds is 2. The number of nitrogens with one attached hydrogen (secondary N) is 1. The quantitative estimate of drug-likeness (QED) is 0.686. The molecule has 12 heavy (non-hydrogen) atoms. The van der Waals surface area contributed by atoms with E-state index in [1.165, 1.54) is 0 Å². The normalized spacial score (nSPS) is 22.8. The molecule has 0 amide bonds. The van der Waals surface area contributed by atoms with Crippen molar-refractivity contribution in [1.82, 2.24) is 9.84 Å². The first-order valence-electron chi connectivity index (χ1n) is 3.94. The summed E-state index contributed by atoms with van der Waals surface area (Å²) in [6.45, 7) is 3.65. The minimum absolute atomic E-state index is 0.682. The van der Waals surface area contributed by atoms with Crippen molar-refractivity contribution < 1.29 is 8.42 Å². The van der Waals surface area contributed by atoms with Gasteiger partial charge in [0.2, 0.25) is 0 Å². The van der Waals surface area contributed by atoms with Crippen molar-refractivity contribution in [3.8, 4) is 0 Å². The van der Waals surface area contributed by atoms with Gasteiger partial charge in [-0.05, 0) is 18.8 Å². The van der Waals surface area contributed by atoms with Crippen LogP contribution in [0.2, 0.25) is 0 Å². The fourth-order valence-electron chi connectivity index (χ4n) is 1.25. The molecule has 1 aliphatic heterocycles. The lowest BCUT2D eigenvalue weighted by atomic mass is 10.0. The highest BCUT2D eigenvalue weighted by atomic mass is 35.7. The van der Waals surface area contributed by atoms with Crippen LogP contribution in [0.25, 0.3) is 0 Å². The zero-order chi connectivity index (χ0) is 9.19. The number of nitrogens with zero attached hydrogens (tertiary/aromatic N) is 1.